The molecule has 0 bridgehead atoms. The van der Waals surface area contributed by atoms with E-state index in [4.69, 9.17) is 0 Å². The zero-order valence-corrected chi connectivity index (χ0v) is 9.05. The maximum Gasteiger partial charge on any atom is 0.115 e. The Morgan fingerprint density at radius 1 is 1.43 bits per heavy atom. The summed E-state index contributed by atoms with van der Waals surface area (Å²) in [4.78, 5) is 0. The molecule has 1 aliphatic heterocycles. The van der Waals surface area contributed by atoms with Crippen molar-refractivity contribution < 1.29 is 5.11 Å². The molecule has 2 rings (SSSR count). The predicted octanol–water partition coefficient (Wildman–Crippen LogP) is 2.28. The Labute approximate surface area is 90.7 Å². The van der Waals surface area contributed by atoms with Crippen LogP contribution in [-0.2, 0) is 0 Å². The molecule has 1 aromatic rings. The lowest BCUT2D eigenvalue weighted by molar-refractivity contribution is 0.474. The number of hydrogen-bond acceptors (Lipinski definition) is 2. The molecule has 0 spiro atoms. The predicted molar refractivity (Wildman–Crippen MR) is 60.2 cm³/mol. The molecule has 14 heavy (non-hydrogen) atoms. The summed E-state index contributed by atoms with van der Waals surface area (Å²) in [5.74, 6) is 0.944. The lowest BCUT2D eigenvalue weighted by Crippen LogP contribution is -2.16. The van der Waals surface area contributed by atoms with Gasteiger partial charge in [-0.2, -0.15) is 0 Å². The Morgan fingerprint density at radius 2 is 2.21 bits per heavy atom. The molecule has 0 aliphatic carbocycles. The summed E-state index contributed by atoms with van der Waals surface area (Å²) in [5, 5.41) is 12.7. The summed E-state index contributed by atoms with van der Waals surface area (Å²) < 4.78 is 0. The van der Waals surface area contributed by atoms with Crippen molar-refractivity contribution in [1.29, 1.82) is 0 Å². The van der Waals surface area contributed by atoms with Gasteiger partial charge in [0, 0.05) is 12.6 Å². The van der Waals surface area contributed by atoms with E-state index in [2.05, 4.69) is 18.3 Å². The zero-order valence-electron chi connectivity index (χ0n) is 8.23. The van der Waals surface area contributed by atoms with Crippen molar-refractivity contribution >= 4 is 12.4 Å². The van der Waals surface area contributed by atoms with Gasteiger partial charge in [0.2, 0.25) is 0 Å². The highest BCUT2D eigenvalue weighted by Gasteiger charge is 2.21. The van der Waals surface area contributed by atoms with Crippen LogP contribution in [0, 0.1) is 0 Å². The molecule has 3 heteroatoms. The van der Waals surface area contributed by atoms with Crippen molar-refractivity contribution in [2.24, 2.45) is 0 Å². The molecule has 0 saturated carbocycles. The normalized spacial score (nSPS) is 25.8. The van der Waals surface area contributed by atoms with Gasteiger partial charge in [0.15, 0.2) is 0 Å². The summed E-state index contributed by atoms with van der Waals surface area (Å²) >= 11 is 0. The van der Waals surface area contributed by atoms with Crippen molar-refractivity contribution in [3.8, 4) is 5.75 Å². The minimum atomic E-state index is 0. The molecule has 1 fully saturated rings. The smallest absolute Gasteiger partial charge is 0.115 e. The van der Waals surface area contributed by atoms with Gasteiger partial charge in [-0.3, -0.25) is 0 Å². The molecule has 2 unspecified atom stereocenters. The molecule has 1 aromatic carbocycles. The van der Waals surface area contributed by atoms with Gasteiger partial charge in [-0.05, 0) is 37.0 Å². The number of aromatic hydroxyl groups is 1. The first-order valence-corrected chi connectivity index (χ1v) is 4.78. The fraction of sp³-hybridized carbons (Fsp3) is 0.455. The second-order valence-corrected chi connectivity index (χ2v) is 3.84. The van der Waals surface area contributed by atoms with Crippen molar-refractivity contribution in [3.63, 3.8) is 0 Å². The fourth-order valence-corrected chi connectivity index (χ4v) is 1.97. The molecule has 1 heterocycles. The van der Waals surface area contributed by atoms with Gasteiger partial charge in [0.05, 0.1) is 0 Å². The van der Waals surface area contributed by atoms with Gasteiger partial charge in [-0.15, -0.1) is 12.4 Å². The summed E-state index contributed by atoms with van der Waals surface area (Å²) in [6.45, 7) is 3.23. The van der Waals surface area contributed by atoms with Gasteiger partial charge < -0.3 is 10.4 Å². The second kappa shape index (κ2) is 4.67. The van der Waals surface area contributed by atoms with Crippen LogP contribution >= 0.6 is 12.4 Å². The largest absolute Gasteiger partial charge is 0.508 e. The van der Waals surface area contributed by atoms with Gasteiger partial charge in [-0.1, -0.05) is 12.1 Å². The van der Waals surface area contributed by atoms with Gasteiger partial charge in [-0.25, -0.2) is 0 Å². The Kier molecular flexibility index (Phi) is 3.78. The number of halogens is 1. The van der Waals surface area contributed by atoms with E-state index < -0.39 is 0 Å². The van der Waals surface area contributed by atoms with Crippen LogP contribution < -0.4 is 5.32 Å². The quantitative estimate of drug-likeness (QED) is 0.750. The highest BCUT2D eigenvalue weighted by molar-refractivity contribution is 5.85. The van der Waals surface area contributed by atoms with E-state index in [-0.39, 0.29) is 12.4 Å². The minimum Gasteiger partial charge on any atom is -0.508 e. The van der Waals surface area contributed by atoms with E-state index in [0.29, 0.717) is 17.7 Å². The molecule has 2 atom stereocenters. The highest BCUT2D eigenvalue weighted by Crippen LogP contribution is 2.27. The first-order valence-electron chi connectivity index (χ1n) is 4.78. The maximum absolute atomic E-state index is 9.32. The van der Waals surface area contributed by atoms with Crippen LogP contribution in [0.4, 0.5) is 0 Å². The molecule has 1 saturated heterocycles. The standard InChI is InChI=1S/C11H15NO.ClH/c1-8-5-10(7-12-8)9-3-2-4-11(13)6-9;/h2-4,6,8,10,12-13H,5,7H2,1H3;1H. The van der Waals surface area contributed by atoms with Gasteiger partial charge >= 0.3 is 0 Å². The van der Waals surface area contributed by atoms with Gasteiger partial charge in [0.25, 0.3) is 0 Å². The third-order valence-electron chi connectivity index (χ3n) is 2.69. The topological polar surface area (TPSA) is 32.3 Å². The van der Waals surface area contributed by atoms with Crippen molar-refractivity contribution in [1.82, 2.24) is 5.32 Å². The van der Waals surface area contributed by atoms with E-state index in [1.807, 2.05) is 12.1 Å². The summed E-state index contributed by atoms with van der Waals surface area (Å²) in [6, 6.07) is 8.18. The van der Waals surface area contributed by atoms with Crippen molar-refractivity contribution in [2.75, 3.05) is 6.54 Å². The van der Waals surface area contributed by atoms with Crippen LogP contribution in [-0.4, -0.2) is 17.7 Å². The Balaban J connectivity index is 0.000000980. The number of benzene rings is 1. The van der Waals surface area contributed by atoms with Crippen LogP contribution in [0.1, 0.15) is 24.8 Å². The molecule has 78 valence electrons. The Bertz CT molecular complexity index is 303. The van der Waals surface area contributed by atoms with Crippen LogP contribution in [0.15, 0.2) is 24.3 Å². The van der Waals surface area contributed by atoms with E-state index in [1.165, 1.54) is 12.0 Å². The number of phenols is 1. The number of phenolic OH excluding ortho intramolecular Hbond substituents is 1. The third-order valence-corrected chi connectivity index (χ3v) is 2.69. The molecule has 2 nitrogen and oxygen atoms in total. The molecule has 1 aliphatic rings. The molecular formula is C11H16ClNO. The number of hydrogen-bond donors (Lipinski definition) is 2. The van der Waals surface area contributed by atoms with Crippen LogP contribution in [0.25, 0.3) is 0 Å². The average Bonchev–Trinajstić information content (AvgIpc) is 2.52. The molecule has 2 N–H and O–H groups in total. The van der Waals surface area contributed by atoms with E-state index in [0.717, 1.165) is 6.54 Å². The van der Waals surface area contributed by atoms with Crippen molar-refractivity contribution in [2.45, 2.75) is 25.3 Å². The first-order chi connectivity index (χ1) is 6.25. The Morgan fingerprint density at radius 3 is 2.79 bits per heavy atom. The lowest BCUT2D eigenvalue weighted by Gasteiger charge is -2.08. The SMILES string of the molecule is CC1CC(c2cccc(O)c2)CN1.Cl. The van der Waals surface area contributed by atoms with Crippen molar-refractivity contribution in [3.05, 3.63) is 29.8 Å². The van der Waals surface area contributed by atoms with Gasteiger partial charge in [0.1, 0.15) is 5.75 Å². The second-order valence-electron chi connectivity index (χ2n) is 3.84. The highest BCUT2D eigenvalue weighted by atomic mass is 35.5. The first kappa shape index (κ1) is 11.3. The number of nitrogens with one attached hydrogen (secondary N) is 1. The minimum absolute atomic E-state index is 0. The van der Waals surface area contributed by atoms with Crippen LogP contribution in [0.2, 0.25) is 0 Å². The monoisotopic (exact) mass is 213 g/mol. The van der Waals surface area contributed by atoms with Crippen LogP contribution in [0.3, 0.4) is 0 Å². The fourth-order valence-electron chi connectivity index (χ4n) is 1.97. The maximum atomic E-state index is 9.32. The zero-order chi connectivity index (χ0) is 9.26. The summed E-state index contributed by atoms with van der Waals surface area (Å²) in [7, 11) is 0. The van der Waals surface area contributed by atoms with E-state index in [1.54, 1.807) is 6.07 Å². The summed E-state index contributed by atoms with van der Waals surface area (Å²) in [6.07, 6.45) is 1.17. The Hall–Kier alpha value is -0.730. The molecule has 0 amide bonds. The van der Waals surface area contributed by atoms with E-state index in [9.17, 15) is 5.11 Å². The average molecular weight is 214 g/mol. The van der Waals surface area contributed by atoms with Crippen LogP contribution in [0.5, 0.6) is 5.75 Å². The summed E-state index contributed by atoms with van der Waals surface area (Å²) in [5.41, 5.74) is 1.25. The molecule has 0 radical (unpaired) electrons. The molecule has 0 aromatic heterocycles. The third kappa shape index (κ3) is 2.40. The van der Waals surface area contributed by atoms with E-state index >= 15 is 0 Å². The molecular weight excluding hydrogens is 198 g/mol. The lowest BCUT2D eigenvalue weighted by atomic mass is 9.96. The number of rotatable bonds is 1.